The smallest absolute Gasteiger partial charge is 0.434 e. The molecule has 0 saturated carbocycles. The van der Waals surface area contributed by atoms with Crippen LogP contribution in [0, 0.1) is 5.92 Å². The molecule has 1 atom stereocenters. The Morgan fingerprint density at radius 1 is 1.41 bits per heavy atom. The maximum absolute atomic E-state index is 11.6. The van der Waals surface area contributed by atoms with Gasteiger partial charge in [-0.15, -0.1) is 0 Å². The van der Waals surface area contributed by atoms with Gasteiger partial charge in [0.05, 0.1) is 6.61 Å². The number of carbonyl (C=O) groups excluding carboxylic acids is 1. The molecule has 0 N–H and O–H groups in total. The standard InChI is InChI=1S/C14H26O3/c1-6-9-10-14(7-2,8-3)17-13(15)16-11-12(4)5/h7,12H,2,6,8-11H2,1,3-5H3. The van der Waals surface area contributed by atoms with Crippen molar-refractivity contribution < 1.29 is 14.3 Å². The molecule has 1 unspecified atom stereocenters. The van der Waals surface area contributed by atoms with Gasteiger partial charge in [0.2, 0.25) is 0 Å². The van der Waals surface area contributed by atoms with E-state index in [9.17, 15) is 4.79 Å². The van der Waals surface area contributed by atoms with Gasteiger partial charge in [-0.05, 0) is 31.3 Å². The Bertz CT molecular complexity index is 236. The Hall–Kier alpha value is -0.990. The summed E-state index contributed by atoms with van der Waals surface area (Å²) in [5.74, 6) is 0.318. The molecule has 3 heteroatoms. The van der Waals surface area contributed by atoms with E-state index in [2.05, 4.69) is 13.5 Å². The number of ether oxygens (including phenoxy) is 2. The molecule has 0 aromatic heterocycles. The van der Waals surface area contributed by atoms with Gasteiger partial charge in [0.1, 0.15) is 5.60 Å². The van der Waals surface area contributed by atoms with Gasteiger partial charge < -0.3 is 9.47 Å². The summed E-state index contributed by atoms with van der Waals surface area (Å²) in [6, 6.07) is 0. The van der Waals surface area contributed by atoms with E-state index in [4.69, 9.17) is 9.47 Å². The summed E-state index contributed by atoms with van der Waals surface area (Å²) < 4.78 is 10.4. The van der Waals surface area contributed by atoms with Crippen LogP contribution in [0.1, 0.15) is 53.4 Å². The third-order valence-electron chi connectivity index (χ3n) is 2.75. The molecule has 0 bridgehead atoms. The van der Waals surface area contributed by atoms with Crippen LogP contribution in [0.25, 0.3) is 0 Å². The predicted octanol–water partition coefficient (Wildman–Crippen LogP) is 4.32. The van der Waals surface area contributed by atoms with E-state index in [1.807, 2.05) is 20.8 Å². The minimum atomic E-state index is -0.587. The highest BCUT2D eigenvalue weighted by Crippen LogP contribution is 2.25. The van der Waals surface area contributed by atoms with Gasteiger partial charge in [-0.25, -0.2) is 4.79 Å². The van der Waals surface area contributed by atoms with Crippen molar-refractivity contribution in [1.82, 2.24) is 0 Å². The maximum Gasteiger partial charge on any atom is 0.509 e. The van der Waals surface area contributed by atoms with Gasteiger partial charge in [-0.2, -0.15) is 0 Å². The molecule has 0 fully saturated rings. The average molecular weight is 242 g/mol. The number of unbranched alkanes of at least 4 members (excludes halogenated alkanes) is 1. The van der Waals surface area contributed by atoms with E-state index < -0.39 is 11.8 Å². The first-order valence-electron chi connectivity index (χ1n) is 6.49. The molecule has 0 aliphatic rings. The molecule has 0 aromatic rings. The lowest BCUT2D eigenvalue weighted by atomic mass is 9.94. The van der Waals surface area contributed by atoms with Crippen LogP contribution in [0.15, 0.2) is 12.7 Å². The fourth-order valence-corrected chi connectivity index (χ4v) is 1.49. The van der Waals surface area contributed by atoms with Crippen LogP contribution in [0.3, 0.4) is 0 Å². The van der Waals surface area contributed by atoms with Crippen molar-refractivity contribution >= 4 is 6.16 Å². The van der Waals surface area contributed by atoms with Crippen LogP contribution >= 0.6 is 0 Å². The zero-order chi connectivity index (χ0) is 13.3. The van der Waals surface area contributed by atoms with Crippen molar-refractivity contribution in [2.45, 2.75) is 59.0 Å². The van der Waals surface area contributed by atoms with Gasteiger partial charge in [0, 0.05) is 0 Å². The first kappa shape index (κ1) is 16.0. The van der Waals surface area contributed by atoms with Crippen LogP contribution in [0.5, 0.6) is 0 Å². The molecule has 17 heavy (non-hydrogen) atoms. The summed E-state index contributed by atoms with van der Waals surface area (Å²) in [7, 11) is 0. The highest BCUT2D eigenvalue weighted by molar-refractivity contribution is 5.60. The SMILES string of the molecule is C=CC(CC)(CCCC)OC(=O)OCC(C)C. The van der Waals surface area contributed by atoms with E-state index >= 15 is 0 Å². The van der Waals surface area contributed by atoms with Gasteiger partial charge in [-0.1, -0.05) is 40.7 Å². The number of carbonyl (C=O) groups is 1. The lowest BCUT2D eigenvalue weighted by molar-refractivity contribution is -0.0210. The summed E-state index contributed by atoms with van der Waals surface area (Å²) in [5, 5.41) is 0. The molecule has 3 nitrogen and oxygen atoms in total. The second-order valence-corrected chi connectivity index (χ2v) is 4.78. The van der Waals surface area contributed by atoms with Crippen LogP contribution in [-0.4, -0.2) is 18.4 Å². The highest BCUT2D eigenvalue weighted by Gasteiger charge is 2.29. The Kier molecular flexibility index (Phi) is 7.68. The minimum absolute atomic E-state index is 0.318. The molecule has 0 rings (SSSR count). The third kappa shape index (κ3) is 6.35. The topological polar surface area (TPSA) is 35.5 Å². The van der Waals surface area contributed by atoms with Crippen molar-refractivity contribution in [3.8, 4) is 0 Å². The molecule has 100 valence electrons. The van der Waals surface area contributed by atoms with Crippen molar-refractivity contribution in [2.24, 2.45) is 5.92 Å². The van der Waals surface area contributed by atoms with Gasteiger partial charge >= 0.3 is 6.16 Å². The summed E-state index contributed by atoms with van der Waals surface area (Å²) >= 11 is 0. The van der Waals surface area contributed by atoms with E-state index in [0.717, 1.165) is 25.7 Å². The van der Waals surface area contributed by atoms with Crippen LogP contribution in [-0.2, 0) is 9.47 Å². The number of hydrogen-bond donors (Lipinski definition) is 0. The maximum atomic E-state index is 11.6. The normalized spacial score (nSPS) is 14.2. The zero-order valence-electron chi connectivity index (χ0n) is 11.6. The highest BCUT2D eigenvalue weighted by atomic mass is 16.7. The van der Waals surface area contributed by atoms with Crippen LogP contribution in [0.2, 0.25) is 0 Å². The number of hydrogen-bond acceptors (Lipinski definition) is 3. The van der Waals surface area contributed by atoms with Crippen molar-refractivity contribution in [3.05, 3.63) is 12.7 Å². The van der Waals surface area contributed by atoms with Crippen molar-refractivity contribution in [1.29, 1.82) is 0 Å². The molecule has 0 saturated heterocycles. The first-order valence-corrected chi connectivity index (χ1v) is 6.49. The molecule has 0 aliphatic carbocycles. The summed E-state index contributed by atoms with van der Waals surface area (Å²) in [6.45, 7) is 12.3. The minimum Gasteiger partial charge on any atom is -0.434 e. The van der Waals surface area contributed by atoms with Crippen LogP contribution in [0.4, 0.5) is 4.79 Å². The first-order chi connectivity index (χ1) is 7.99. The molecular weight excluding hydrogens is 216 g/mol. The Labute approximate surface area is 105 Å². The molecule has 0 aromatic carbocycles. The van der Waals surface area contributed by atoms with E-state index in [0.29, 0.717) is 12.5 Å². The number of rotatable bonds is 8. The van der Waals surface area contributed by atoms with Gasteiger partial charge in [-0.3, -0.25) is 0 Å². The van der Waals surface area contributed by atoms with Crippen molar-refractivity contribution in [3.63, 3.8) is 0 Å². The lowest BCUT2D eigenvalue weighted by Crippen LogP contribution is -2.33. The van der Waals surface area contributed by atoms with Gasteiger partial charge in [0.25, 0.3) is 0 Å². The summed E-state index contributed by atoms with van der Waals surface area (Å²) in [6.07, 6.45) is 4.75. The Morgan fingerprint density at radius 3 is 2.47 bits per heavy atom. The fourth-order valence-electron chi connectivity index (χ4n) is 1.49. The largest absolute Gasteiger partial charge is 0.509 e. The Morgan fingerprint density at radius 2 is 2.06 bits per heavy atom. The zero-order valence-corrected chi connectivity index (χ0v) is 11.6. The summed E-state index contributed by atoms with van der Waals surface area (Å²) in [5.41, 5.74) is -0.565. The summed E-state index contributed by atoms with van der Waals surface area (Å²) in [4.78, 5) is 11.6. The average Bonchev–Trinajstić information content (AvgIpc) is 2.32. The van der Waals surface area contributed by atoms with Crippen molar-refractivity contribution in [2.75, 3.05) is 6.61 Å². The monoisotopic (exact) mass is 242 g/mol. The Balaban J connectivity index is 4.31. The van der Waals surface area contributed by atoms with Crippen LogP contribution < -0.4 is 0 Å². The predicted molar refractivity (Wildman–Crippen MR) is 70.0 cm³/mol. The molecule has 0 amide bonds. The van der Waals surface area contributed by atoms with E-state index in [1.165, 1.54) is 0 Å². The molecular formula is C14H26O3. The lowest BCUT2D eigenvalue weighted by Gasteiger charge is -2.28. The second-order valence-electron chi connectivity index (χ2n) is 4.78. The van der Waals surface area contributed by atoms with E-state index in [-0.39, 0.29) is 0 Å². The van der Waals surface area contributed by atoms with Gasteiger partial charge in [0.15, 0.2) is 0 Å². The quantitative estimate of drug-likeness (QED) is 0.469. The fraction of sp³-hybridized carbons (Fsp3) is 0.786. The van der Waals surface area contributed by atoms with E-state index in [1.54, 1.807) is 6.08 Å². The molecule has 0 radical (unpaired) electrons. The molecule has 0 heterocycles. The molecule has 0 aliphatic heterocycles. The third-order valence-corrected chi connectivity index (χ3v) is 2.75. The second kappa shape index (κ2) is 8.15. The molecule has 0 spiro atoms.